The lowest BCUT2D eigenvalue weighted by atomic mass is 9.95. The number of nitrogens with two attached hydrogens (primary N) is 3. The number of carbonyl (C=O) groups excluding carboxylic acids is 2. The van der Waals surface area contributed by atoms with Crippen molar-refractivity contribution >= 4 is 23.7 Å². The molecular weight excluding hydrogens is 600 g/mol. The van der Waals surface area contributed by atoms with Gasteiger partial charge >= 0.3 is 12.1 Å². The second-order valence-electron chi connectivity index (χ2n) is 12.7. The molecule has 0 saturated heterocycles. The van der Waals surface area contributed by atoms with Gasteiger partial charge in [-0.15, -0.1) is 0 Å². The number of anilines is 1. The van der Waals surface area contributed by atoms with Crippen molar-refractivity contribution in [3.05, 3.63) is 76.5 Å². The number of nitrogens with one attached hydrogen (secondary N) is 5. The summed E-state index contributed by atoms with van der Waals surface area (Å²) < 4.78 is 5.51. The highest BCUT2D eigenvalue weighted by Gasteiger charge is 2.18. The van der Waals surface area contributed by atoms with Crippen molar-refractivity contribution < 1.29 is 14.3 Å². The Labute approximate surface area is 276 Å². The van der Waals surface area contributed by atoms with Crippen LogP contribution in [0, 0.1) is 0 Å². The van der Waals surface area contributed by atoms with Gasteiger partial charge in [0.2, 0.25) is 0 Å². The lowest BCUT2D eigenvalue weighted by Gasteiger charge is -2.21. The molecule has 4 amide bonds. The first-order chi connectivity index (χ1) is 22.0. The van der Waals surface area contributed by atoms with E-state index in [1.165, 1.54) is 0 Å². The van der Waals surface area contributed by atoms with Crippen LogP contribution in [0.15, 0.2) is 64.5 Å². The van der Waals surface area contributed by atoms with Crippen LogP contribution in [-0.4, -0.2) is 59.8 Å². The van der Waals surface area contributed by atoms with Gasteiger partial charge in [0.05, 0.1) is 17.8 Å². The predicted molar refractivity (Wildman–Crippen MR) is 187 cm³/mol. The third-order valence-corrected chi connectivity index (χ3v) is 6.19. The minimum atomic E-state index is -0.602. The summed E-state index contributed by atoms with van der Waals surface area (Å²) in [4.78, 5) is 46.0. The summed E-state index contributed by atoms with van der Waals surface area (Å²) in [5.41, 5.74) is 18.0. The van der Waals surface area contributed by atoms with E-state index in [1.54, 1.807) is 30.5 Å². The molecule has 0 aliphatic heterocycles. The molecule has 0 saturated carbocycles. The second-order valence-corrected chi connectivity index (χ2v) is 12.7. The number of carbonyl (C=O) groups is 2. The number of hydrogen-bond donors (Lipinski definition) is 8. The van der Waals surface area contributed by atoms with Crippen LogP contribution in [0.2, 0.25) is 0 Å². The number of amides is 4. The van der Waals surface area contributed by atoms with Gasteiger partial charge in [-0.1, -0.05) is 57.2 Å². The number of ether oxygens (including phenoxy) is 1. The first-order valence-electron chi connectivity index (χ1n) is 15.3. The van der Waals surface area contributed by atoms with Crippen molar-refractivity contribution in [3.63, 3.8) is 0 Å². The topological polar surface area (TPSA) is 228 Å². The molecule has 0 aliphatic carbocycles. The summed E-state index contributed by atoms with van der Waals surface area (Å²) in [7, 11) is 0. The number of aromatic amines is 1. The fraction of sp³-hybridized carbons (Fsp3) is 0.424. The molecule has 47 heavy (non-hydrogen) atoms. The minimum Gasteiger partial charge on any atom is -0.490 e. The van der Waals surface area contributed by atoms with E-state index in [9.17, 15) is 14.4 Å². The summed E-state index contributed by atoms with van der Waals surface area (Å²) in [6.45, 7) is 14.5. The number of aliphatic imine (C=N–C) groups is 1. The average molecular weight is 651 g/mol. The summed E-state index contributed by atoms with van der Waals surface area (Å²) in [6, 6.07) is 14.0. The number of nitrogens with zero attached hydrogens (tertiary/aromatic N) is 2. The number of urea groups is 2. The molecule has 0 bridgehead atoms. The van der Waals surface area contributed by atoms with E-state index in [-0.39, 0.29) is 41.7 Å². The van der Waals surface area contributed by atoms with E-state index in [4.69, 9.17) is 21.9 Å². The van der Waals surface area contributed by atoms with Gasteiger partial charge in [0, 0.05) is 30.2 Å². The Morgan fingerprint density at radius 1 is 0.957 bits per heavy atom. The Morgan fingerprint density at radius 2 is 1.64 bits per heavy atom. The van der Waals surface area contributed by atoms with Crippen LogP contribution in [-0.2, 0) is 12.0 Å². The average Bonchev–Trinajstić information content (AvgIpc) is 2.97. The standard InChI is InChI=1S/C19H28N6O.C14H22N4O3/c1-19(2,3)17-24-12-15(16(26)25-17)14-7-5-13(6-8-14)11-22-9-4-10-23-18(20)21;1-14(2,3)18-13(20)17-10-6-4-5-7-11(10)21-9-8-16-12(15)19/h5-8,12,22H,4,9-11H2,1-3H3,(H4,20,21,23)(H,24,25,26);4-7H,8-9H2,1-3H3,(H3,15,16,19)(H2,17,18,20). The molecule has 0 atom stereocenters. The molecule has 0 aliphatic rings. The highest BCUT2D eigenvalue weighted by molar-refractivity contribution is 5.91. The Hall–Kier alpha value is -5.11. The van der Waals surface area contributed by atoms with Gasteiger partial charge in [-0.05, 0) is 57.0 Å². The van der Waals surface area contributed by atoms with E-state index in [0.717, 1.165) is 30.6 Å². The zero-order valence-electron chi connectivity index (χ0n) is 28.2. The summed E-state index contributed by atoms with van der Waals surface area (Å²) >= 11 is 0. The molecule has 0 radical (unpaired) electrons. The Bertz CT molecular complexity index is 1520. The number of hydrogen-bond acceptors (Lipinski definition) is 7. The van der Waals surface area contributed by atoms with Gasteiger partial charge in [-0.25, -0.2) is 14.6 Å². The molecule has 1 heterocycles. The lowest BCUT2D eigenvalue weighted by Crippen LogP contribution is -2.43. The second kappa shape index (κ2) is 18.1. The maximum Gasteiger partial charge on any atom is 0.319 e. The van der Waals surface area contributed by atoms with Crippen molar-refractivity contribution in [2.75, 3.05) is 31.6 Å². The van der Waals surface area contributed by atoms with Crippen LogP contribution in [0.4, 0.5) is 15.3 Å². The van der Waals surface area contributed by atoms with Crippen LogP contribution < -0.4 is 48.8 Å². The van der Waals surface area contributed by atoms with Crippen molar-refractivity contribution in [1.29, 1.82) is 0 Å². The molecule has 3 aromatic rings. The monoisotopic (exact) mass is 650 g/mol. The Balaban J connectivity index is 0.000000335. The third-order valence-electron chi connectivity index (χ3n) is 6.19. The number of benzene rings is 2. The number of guanidine groups is 1. The molecular formula is C33H50N10O4. The first kappa shape index (κ1) is 38.1. The Kier molecular flexibility index (Phi) is 14.7. The third kappa shape index (κ3) is 15.2. The molecule has 14 heteroatoms. The largest absolute Gasteiger partial charge is 0.490 e. The quantitative estimate of drug-likeness (QED) is 0.0823. The van der Waals surface area contributed by atoms with Crippen molar-refractivity contribution in [2.45, 2.75) is 65.5 Å². The van der Waals surface area contributed by atoms with Crippen LogP contribution in [0.25, 0.3) is 11.1 Å². The smallest absolute Gasteiger partial charge is 0.319 e. The normalized spacial score (nSPS) is 11.0. The maximum absolute atomic E-state index is 12.4. The number of primary amides is 1. The number of aromatic nitrogens is 2. The number of rotatable bonds is 12. The van der Waals surface area contributed by atoms with Crippen LogP contribution in [0.1, 0.15) is 59.4 Å². The zero-order chi connectivity index (χ0) is 35.0. The van der Waals surface area contributed by atoms with Gasteiger partial charge in [0.25, 0.3) is 5.56 Å². The van der Waals surface area contributed by atoms with E-state index in [1.807, 2.05) is 65.8 Å². The van der Waals surface area contributed by atoms with Crippen molar-refractivity contribution in [3.8, 4) is 16.9 Å². The summed E-state index contributed by atoms with van der Waals surface area (Å²) in [5, 5.41) is 11.3. The highest BCUT2D eigenvalue weighted by Crippen LogP contribution is 2.24. The highest BCUT2D eigenvalue weighted by atomic mass is 16.5. The van der Waals surface area contributed by atoms with Crippen molar-refractivity contribution in [2.24, 2.45) is 22.2 Å². The minimum absolute atomic E-state index is 0.115. The summed E-state index contributed by atoms with van der Waals surface area (Å²) in [5.74, 6) is 1.33. The van der Waals surface area contributed by atoms with Gasteiger partial charge in [-0.3, -0.25) is 9.79 Å². The molecule has 0 unspecified atom stereocenters. The maximum atomic E-state index is 12.4. The SMILES string of the molecule is CC(C)(C)NC(=O)Nc1ccccc1OCCNC(N)=O.CC(C)(C)c1ncc(-c2ccc(CNCCCN=C(N)N)cc2)c(=O)[nH]1. The lowest BCUT2D eigenvalue weighted by molar-refractivity contribution is 0.243. The molecule has 0 spiro atoms. The fourth-order valence-corrected chi connectivity index (χ4v) is 3.95. The van der Waals surface area contributed by atoms with E-state index in [2.05, 4.69) is 36.2 Å². The molecule has 14 nitrogen and oxygen atoms in total. The van der Waals surface area contributed by atoms with Crippen LogP contribution >= 0.6 is 0 Å². The molecule has 3 rings (SSSR count). The van der Waals surface area contributed by atoms with Gasteiger partial charge in [0.1, 0.15) is 18.2 Å². The van der Waals surface area contributed by atoms with Crippen LogP contribution in [0.3, 0.4) is 0 Å². The summed E-state index contributed by atoms with van der Waals surface area (Å²) in [6.07, 6.45) is 2.52. The van der Waals surface area contributed by atoms with Crippen LogP contribution in [0.5, 0.6) is 5.75 Å². The van der Waals surface area contributed by atoms with Crippen molar-refractivity contribution in [1.82, 2.24) is 25.9 Å². The molecule has 1 aromatic heterocycles. The zero-order valence-corrected chi connectivity index (χ0v) is 28.2. The fourth-order valence-electron chi connectivity index (χ4n) is 3.95. The van der Waals surface area contributed by atoms with E-state index in [0.29, 0.717) is 29.4 Å². The predicted octanol–water partition coefficient (Wildman–Crippen LogP) is 3.14. The van der Waals surface area contributed by atoms with E-state index >= 15 is 0 Å². The van der Waals surface area contributed by atoms with Gasteiger partial charge in [-0.2, -0.15) is 0 Å². The van der Waals surface area contributed by atoms with Gasteiger partial charge < -0.3 is 48.2 Å². The molecule has 2 aromatic carbocycles. The molecule has 256 valence electrons. The molecule has 11 N–H and O–H groups in total. The van der Waals surface area contributed by atoms with E-state index < -0.39 is 6.03 Å². The molecule has 0 fully saturated rings. The number of para-hydroxylation sites is 2. The first-order valence-corrected chi connectivity index (χ1v) is 15.3. The van der Waals surface area contributed by atoms with Gasteiger partial charge in [0.15, 0.2) is 5.96 Å². The Morgan fingerprint density at radius 3 is 2.23 bits per heavy atom. The number of H-pyrrole nitrogens is 1.